The minimum absolute atomic E-state index is 0.0319. The van der Waals surface area contributed by atoms with Crippen LogP contribution in [0.5, 0.6) is 0 Å². The average Bonchev–Trinajstić information content (AvgIpc) is 0.918. The molecule has 0 rings (SSSR count). The van der Waals surface area contributed by atoms with Gasteiger partial charge in [0.1, 0.15) is 19.3 Å². The third-order valence-corrected chi connectivity index (χ3v) is 17.6. The first-order chi connectivity index (χ1) is 50.7. The Labute approximate surface area is 629 Å². The van der Waals surface area contributed by atoms with Crippen LogP contribution in [-0.4, -0.2) is 96.7 Å². The number of allylic oxidation sites excluding steroid dienone is 28. The highest BCUT2D eigenvalue weighted by Crippen LogP contribution is 2.45. The van der Waals surface area contributed by atoms with Gasteiger partial charge in [-0.2, -0.15) is 0 Å². The van der Waals surface area contributed by atoms with E-state index in [1.807, 2.05) is 0 Å². The summed E-state index contributed by atoms with van der Waals surface area (Å²) in [7, 11) is -10.0. The number of aliphatic hydroxyl groups excluding tert-OH is 1. The summed E-state index contributed by atoms with van der Waals surface area (Å²) in [6.45, 7) is 4.36. The molecule has 0 aromatic rings. The Morgan fingerprint density at radius 2 is 0.500 bits per heavy atom. The van der Waals surface area contributed by atoms with Crippen LogP contribution >= 0.6 is 15.6 Å². The van der Waals surface area contributed by atoms with E-state index in [0.29, 0.717) is 32.1 Å². The van der Waals surface area contributed by atoms with Crippen LogP contribution in [0.4, 0.5) is 0 Å². The Bertz CT molecular complexity index is 2640. The zero-order chi connectivity index (χ0) is 76.0. The van der Waals surface area contributed by atoms with Gasteiger partial charge < -0.3 is 33.8 Å². The lowest BCUT2D eigenvalue weighted by molar-refractivity contribution is -0.161. The molecule has 0 aliphatic rings. The van der Waals surface area contributed by atoms with Crippen LogP contribution in [0.25, 0.3) is 0 Å². The molecular weight excluding hydrogens is 1350 g/mol. The molecule has 590 valence electrons. The number of esters is 4. The zero-order valence-corrected chi connectivity index (χ0v) is 66.2. The van der Waals surface area contributed by atoms with Gasteiger partial charge in [0, 0.05) is 25.7 Å². The summed E-state index contributed by atoms with van der Waals surface area (Å²) in [5.74, 6) is -2.31. The molecule has 5 atom stereocenters. The zero-order valence-electron chi connectivity index (χ0n) is 64.4. The predicted octanol–water partition coefficient (Wildman–Crippen LogP) is 23.0. The fourth-order valence-electron chi connectivity index (χ4n) is 9.75. The summed E-state index contributed by atoms with van der Waals surface area (Å²) in [6.07, 6.45) is 89.1. The SMILES string of the molecule is CC/C=C\C/C=C\C/C=C\C/C=C\CCCCCCCCC(=O)OCC(COP(=O)(O)OCC(O)COP(=O)(O)OCC(COC(=O)CCCC/C=C\C/C=C\C/C=C\C/C=C\CC)OC(=O)CCCCCCC/C=C\C/C=C\CCCCC)OC(=O)CCCC/C=C\C/C=C\C/C=C\C/C=C\CC. The van der Waals surface area contributed by atoms with Crippen LogP contribution in [0.3, 0.4) is 0 Å². The van der Waals surface area contributed by atoms with Crippen LogP contribution in [0.15, 0.2) is 170 Å². The third-order valence-electron chi connectivity index (χ3n) is 15.7. The maximum Gasteiger partial charge on any atom is 0.472 e. The second-order valence-corrected chi connectivity index (χ2v) is 28.4. The van der Waals surface area contributed by atoms with E-state index in [0.717, 1.165) is 180 Å². The van der Waals surface area contributed by atoms with Gasteiger partial charge in [-0.3, -0.25) is 37.3 Å². The fourth-order valence-corrected chi connectivity index (χ4v) is 11.3. The molecule has 104 heavy (non-hydrogen) atoms. The minimum Gasteiger partial charge on any atom is -0.462 e. The average molecular weight is 1490 g/mol. The quantitative estimate of drug-likeness (QED) is 0.0169. The van der Waals surface area contributed by atoms with Gasteiger partial charge in [0.05, 0.1) is 26.4 Å². The Morgan fingerprint density at radius 3 is 0.788 bits per heavy atom. The number of phosphoric acid groups is 2. The van der Waals surface area contributed by atoms with Crippen molar-refractivity contribution >= 4 is 39.5 Å². The van der Waals surface area contributed by atoms with Gasteiger partial charge in [0.2, 0.25) is 0 Å². The van der Waals surface area contributed by atoms with Crippen molar-refractivity contribution in [3.63, 3.8) is 0 Å². The largest absolute Gasteiger partial charge is 0.472 e. The van der Waals surface area contributed by atoms with Crippen LogP contribution in [0.2, 0.25) is 0 Å². The van der Waals surface area contributed by atoms with Crippen molar-refractivity contribution in [2.45, 2.75) is 303 Å². The van der Waals surface area contributed by atoms with E-state index >= 15 is 0 Å². The number of phosphoric ester groups is 2. The summed E-state index contributed by atoms with van der Waals surface area (Å²) in [5.41, 5.74) is 0. The number of aliphatic hydroxyl groups is 1. The number of ether oxygens (including phenoxy) is 4. The molecule has 0 aromatic carbocycles. The molecule has 0 fully saturated rings. The lowest BCUT2D eigenvalue weighted by Gasteiger charge is -2.21. The monoisotopic (exact) mass is 1490 g/mol. The van der Waals surface area contributed by atoms with Crippen molar-refractivity contribution in [3.05, 3.63) is 170 Å². The number of rotatable bonds is 72. The molecule has 0 saturated carbocycles. The lowest BCUT2D eigenvalue weighted by Crippen LogP contribution is -2.30. The second kappa shape index (κ2) is 75.6. The lowest BCUT2D eigenvalue weighted by atomic mass is 10.1. The summed E-state index contributed by atoms with van der Waals surface area (Å²) in [4.78, 5) is 73.0. The molecule has 0 bridgehead atoms. The topological polar surface area (TPSA) is 237 Å². The van der Waals surface area contributed by atoms with Gasteiger partial charge in [-0.1, -0.05) is 256 Å². The number of carbonyl (C=O) groups is 4. The Balaban J connectivity index is 5.46. The van der Waals surface area contributed by atoms with Crippen molar-refractivity contribution in [1.29, 1.82) is 0 Å². The number of hydrogen-bond donors (Lipinski definition) is 3. The van der Waals surface area contributed by atoms with Crippen molar-refractivity contribution < 1.29 is 80.2 Å². The van der Waals surface area contributed by atoms with Gasteiger partial charge in [0.15, 0.2) is 12.2 Å². The fraction of sp³-hybridized carbons (Fsp3) is 0.624. The van der Waals surface area contributed by atoms with E-state index in [1.165, 1.54) is 19.3 Å². The number of carbonyl (C=O) groups excluding carboxylic acids is 4. The van der Waals surface area contributed by atoms with E-state index in [2.05, 4.69) is 198 Å². The highest BCUT2D eigenvalue weighted by Gasteiger charge is 2.30. The van der Waals surface area contributed by atoms with Crippen molar-refractivity contribution in [2.75, 3.05) is 39.6 Å². The van der Waals surface area contributed by atoms with E-state index in [-0.39, 0.29) is 25.7 Å². The summed E-state index contributed by atoms with van der Waals surface area (Å²) < 4.78 is 68.5. The van der Waals surface area contributed by atoms with Crippen LogP contribution < -0.4 is 0 Å². The highest BCUT2D eigenvalue weighted by molar-refractivity contribution is 7.47. The third kappa shape index (κ3) is 74.7. The number of unbranched alkanes of at least 4 members (excludes halogenated alkanes) is 18. The van der Waals surface area contributed by atoms with Gasteiger partial charge >= 0.3 is 39.5 Å². The Hall–Kier alpha value is -5.58. The van der Waals surface area contributed by atoms with E-state index in [4.69, 9.17) is 37.0 Å². The van der Waals surface area contributed by atoms with E-state index in [9.17, 15) is 43.2 Å². The van der Waals surface area contributed by atoms with Crippen LogP contribution in [0.1, 0.15) is 285 Å². The molecule has 0 heterocycles. The standard InChI is InChI=1S/C85H138O17P2/c1-5-9-13-17-21-25-29-33-37-38-39-40-44-46-50-54-58-62-66-70-83(88)96-76-81(102-85(90)72-68-64-60-56-52-48-43-36-32-28-24-20-16-12-8-4)78-100-104(93,94)98-74-79(86)73-97-103(91,92)99-77-80(101-84(89)71-67-63-59-55-51-47-42-35-31-27-23-19-15-11-7-3)75-95-82(87)69-65-61-57-53-49-45-41-34-30-26-22-18-14-10-6-2/h9-10,12-14,16,21-28,33-37,39-43,49,52-53,56,79-81,86H,5-8,11,15,17-20,29-32,38,44-48,50-51,54-55,57-78H2,1-4H3,(H,91,92)(H,93,94)/b13-9-,14-10-,16-12-,25-21-,26-22-,27-23-,28-24-,37-33-,40-39-,41-34-,42-35-,43-36-,53-49-,56-52-. The molecule has 19 heteroatoms. The summed E-state index contributed by atoms with van der Waals surface area (Å²) >= 11 is 0. The second-order valence-electron chi connectivity index (χ2n) is 25.5. The van der Waals surface area contributed by atoms with E-state index < -0.39 is 97.5 Å². The van der Waals surface area contributed by atoms with Crippen molar-refractivity contribution in [3.8, 4) is 0 Å². The Morgan fingerprint density at radius 1 is 0.279 bits per heavy atom. The molecule has 0 aromatic heterocycles. The summed E-state index contributed by atoms with van der Waals surface area (Å²) in [5, 5.41) is 10.6. The van der Waals surface area contributed by atoms with Crippen LogP contribution in [0, 0.1) is 0 Å². The highest BCUT2D eigenvalue weighted by atomic mass is 31.2. The molecule has 0 amide bonds. The van der Waals surface area contributed by atoms with Gasteiger partial charge in [-0.15, -0.1) is 0 Å². The van der Waals surface area contributed by atoms with Gasteiger partial charge in [0.25, 0.3) is 0 Å². The van der Waals surface area contributed by atoms with Gasteiger partial charge in [-0.25, -0.2) is 9.13 Å². The summed E-state index contributed by atoms with van der Waals surface area (Å²) in [6, 6.07) is 0. The van der Waals surface area contributed by atoms with Crippen LogP contribution in [-0.2, 0) is 65.4 Å². The first-order valence-corrected chi connectivity index (χ1v) is 42.4. The Kier molecular flexibility index (Phi) is 71.6. The molecule has 0 aliphatic heterocycles. The molecule has 17 nitrogen and oxygen atoms in total. The molecule has 0 saturated heterocycles. The molecular formula is C85H138O17P2. The van der Waals surface area contributed by atoms with Crippen molar-refractivity contribution in [2.24, 2.45) is 0 Å². The first-order valence-electron chi connectivity index (χ1n) is 39.4. The maximum absolute atomic E-state index is 13.1. The number of hydrogen-bond acceptors (Lipinski definition) is 15. The first kappa shape index (κ1) is 98.4. The van der Waals surface area contributed by atoms with E-state index in [1.54, 1.807) is 0 Å². The predicted molar refractivity (Wildman–Crippen MR) is 426 cm³/mol. The molecule has 0 aliphatic carbocycles. The maximum atomic E-state index is 13.1. The molecule has 5 unspecified atom stereocenters. The normalized spacial score (nSPS) is 14.8. The minimum atomic E-state index is -5.00. The molecule has 0 radical (unpaired) electrons. The smallest absolute Gasteiger partial charge is 0.462 e. The molecule has 3 N–H and O–H groups in total. The van der Waals surface area contributed by atoms with Crippen molar-refractivity contribution in [1.82, 2.24) is 0 Å². The van der Waals surface area contributed by atoms with Gasteiger partial charge in [-0.05, 0) is 173 Å². The molecule has 0 spiro atoms.